The number of nitro groups is 1. The predicted octanol–water partition coefficient (Wildman–Crippen LogP) is 0.650. The molecule has 7 heteroatoms. The molecule has 82 valence electrons. The van der Waals surface area contributed by atoms with E-state index in [1.165, 1.54) is 10.6 Å². The van der Waals surface area contributed by atoms with Crippen molar-refractivity contribution in [3.63, 3.8) is 0 Å². The molecule has 0 radical (unpaired) electrons. The smallest absolute Gasteiger partial charge is 0.361 e. The second kappa shape index (κ2) is 3.30. The van der Waals surface area contributed by atoms with E-state index in [9.17, 15) is 14.9 Å². The first-order valence-corrected chi connectivity index (χ1v) is 4.43. The number of nitrogens with zero attached hydrogens (tertiary/aromatic N) is 3. The molecule has 1 amide bonds. The van der Waals surface area contributed by atoms with Gasteiger partial charge in [-0.2, -0.15) is 9.38 Å². The molecule has 2 rings (SSSR count). The van der Waals surface area contributed by atoms with E-state index in [0.717, 1.165) is 5.56 Å². The normalized spacial score (nSPS) is 10.6. The Labute approximate surface area is 89.7 Å². The highest BCUT2D eigenvalue weighted by Crippen LogP contribution is 2.20. The van der Waals surface area contributed by atoms with Crippen LogP contribution in [0.5, 0.6) is 0 Å². The summed E-state index contributed by atoms with van der Waals surface area (Å²) in [6, 6.07) is 3.33. The van der Waals surface area contributed by atoms with Crippen molar-refractivity contribution >= 4 is 17.4 Å². The molecule has 0 aliphatic heterocycles. The number of imidazole rings is 1. The monoisotopic (exact) mass is 220 g/mol. The van der Waals surface area contributed by atoms with Crippen LogP contribution in [0.2, 0.25) is 0 Å². The number of aromatic nitrogens is 2. The molecule has 0 atom stereocenters. The molecule has 0 bridgehead atoms. The van der Waals surface area contributed by atoms with Crippen molar-refractivity contribution in [1.82, 2.24) is 9.38 Å². The van der Waals surface area contributed by atoms with Crippen LogP contribution in [0.1, 0.15) is 16.1 Å². The lowest BCUT2D eigenvalue weighted by Gasteiger charge is -1.94. The lowest BCUT2D eigenvalue weighted by Crippen LogP contribution is -2.13. The zero-order valence-electron chi connectivity index (χ0n) is 8.38. The molecule has 7 nitrogen and oxygen atoms in total. The van der Waals surface area contributed by atoms with E-state index < -0.39 is 16.6 Å². The van der Waals surface area contributed by atoms with E-state index in [0.29, 0.717) is 5.65 Å². The Hall–Kier alpha value is -2.44. The van der Waals surface area contributed by atoms with Crippen LogP contribution in [0.25, 0.3) is 5.65 Å². The van der Waals surface area contributed by atoms with Gasteiger partial charge in [-0.3, -0.25) is 4.79 Å². The van der Waals surface area contributed by atoms with Gasteiger partial charge in [0.05, 0.1) is 6.20 Å². The maximum atomic E-state index is 11.0. The van der Waals surface area contributed by atoms with E-state index in [2.05, 4.69) is 4.98 Å². The van der Waals surface area contributed by atoms with Crippen LogP contribution in [-0.4, -0.2) is 20.2 Å². The number of amides is 1. The summed E-state index contributed by atoms with van der Waals surface area (Å²) in [6.07, 6.45) is 1.49. The van der Waals surface area contributed by atoms with Gasteiger partial charge in [0.2, 0.25) is 11.3 Å². The number of hydrogen-bond acceptors (Lipinski definition) is 4. The molecular formula is C9H8N4O3. The van der Waals surface area contributed by atoms with Gasteiger partial charge in [0.25, 0.3) is 5.91 Å². The zero-order chi connectivity index (χ0) is 11.9. The molecule has 0 spiro atoms. The summed E-state index contributed by atoms with van der Waals surface area (Å²) in [7, 11) is 0. The number of nitrogens with two attached hydrogens (primary N) is 1. The van der Waals surface area contributed by atoms with Gasteiger partial charge in [0.15, 0.2) is 0 Å². The Balaban J connectivity index is 2.86. The van der Waals surface area contributed by atoms with Gasteiger partial charge in [-0.05, 0) is 23.5 Å². The molecule has 0 unspecified atom stereocenters. The zero-order valence-corrected chi connectivity index (χ0v) is 8.38. The summed E-state index contributed by atoms with van der Waals surface area (Å²) in [6.45, 7) is 1.82. The van der Waals surface area contributed by atoms with E-state index in [-0.39, 0.29) is 5.69 Å². The van der Waals surface area contributed by atoms with Gasteiger partial charge in [-0.15, -0.1) is 0 Å². The standard InChI is InChI=1S/C9H8N4O3/c1-5-2-3-12-6(4-5)11-7(8(10)14)9(12)13(15)16/h2-4H,1H3,(H2,10,14). The average molecular weight is 220 g/mol. The van der Waals surface area contributed by atoms with Gasteiger partial charge in [0.1, 0.15) is 0 Å². The van der Waals surface area contributed by atoms with Gasteiger partial charge in [-0.1, -0.05) is 0 Å². The van der Waals surface area contributed by atoms with E-state index in [1.54, 1.807) is 12.1 Å². The second-order valence-corrected chi connectivity index (χ2v) is 3.34. The van der Waals surface area contributed by atoms with Crippen molar-refractivity contribution < 1.29 is 9.72 Å². The van der Waals surface area contributed by atoms with Crippen molar-refractivity contribution in [2.45, 2.75) is 6.92 Å². The summed E-state index contributed by atoms with van der Waals surface area (Å²) in [5.41, 5.74) is 5.94. The third-order valence-electron chi connectivity index (χ3n) is 2.16. The van der Waals surface area contributed by atoms with Crippen LogP contribution < -0.4 is 5.73 Å². The topological polar surface area (TPSA) is 104 Å². The van der Waals surface area contributed by atoms with Crippen molar-refractivity contribution in [3.05, 3.63) is 39.7 Å². The van der Waals surface area contributed by atoms with Crippen LogP contribution >= 0.6 is 0 Å². The van der Waals surface area contributed by atoms with Crippen LogP contribution in [0.4, 0.5) is 5.82 Å². The average Bonchev–Trinajstić information content (AvgIpc) is 2.55. The number of carbonyl (C=O) groups is 1. The lowest BCUT2D eigenvalue weighted by atomic mass is 10.3. The highest BCUT2D eigenvalue weighted by atomic mass is 16.6. The van der Waals surface area contributed by atoms with Crippen molar-refractivity contribution in [1.29, 1.82) is 0 Å². The van der Waals surface area contributed by atoms with Gasteiger partial charge >= 0.3 is 5.82 Å². The predicted molar refractivity (Wildman–Crippen MR) is 55.1 cm³/mol. The maximum Gasteiger partial charge on any atom is 0.361 e. The number of carbonyl (C=O) groups excluding carboxylic acids is 1. The third kappa shape index (κ3) is 1.38. The highest BCUT2D eigenvalue weighted by molar-refractivity contribution is 5.95. The van der Waals surface area contributed by atoms with Gasteiger partial charge in [-0.25, -0.2) is 0 Å². The third-order valence-corrected chi connectivity index (χ3v) is 2.16. The fraction of sp³-hybridized carbons (Fsp3) is 0.111. The molecule has 0 aliphatic carbocycles. The molecule has 0 saturated heterocycles. The van der Waals surface area contributed by atoms with Gasteiger partial charge in [0, 0.05) is 6.07 Å². The molecule has 0 aromatic carbocycles. The fourth-order valence-electron chi connectivity index (χ4n) is 1.47. The molecule has 0 saturated carbocycles. The molecule has 0 aliphatic rings. The number of rotatable bonds is 2. The minimum absolute atomic E-state index is 0.324. The Kier molecular flexibility index (Phi) is 2.08. The van der Waals surface area contributed by atoms with Crippen LogP contribution in [0.15, 0.2) is 18.3 Å². The number of aryl methyl sites for hydroxylation is 1. The SMILES string of the molecule is Cc1ccn2c([N+](=O)[O-])c(C(N)=O)nc2c1. The van der Waals surface area contributed by atoms with Crippen LogP contribution in [-0.2, 0) is 0 Å². The van der Waals surface area contributed by atoms with Crippen molar-refractivity contribution in [2.24, 2.45) is 5.73 Å². The van der Waals surface area contributed by atoms with Crippen molar-refractivity contribution in [2.75, 3.05) is 0 Å². The molecule has 0 fully saturated rings. The van der Waals surface area contributed by atoms with E-state index in [4.69, 9.17) is 5.73 Å². The summed E-state index contributed by atoms with van der Waals surface area (Å²) < 4.78 is 1.23. The van der Waals surface area contributed by atoms with Gasteiger partial charge < -0.3 is 15.8 Å². The molecule has 16 heavy (non-hydrogen) atoms. The number of fused-ring (bicyclic) bond motifs is 1. The Morgan fingerprint density at radius 3 is 2.88 bits per heavy atom. The maximum absolute atomic E-state index is 11.0. The minimum atomic E-state index is -0.909. The van der Waals surface area contributed by atoms with Crippen LogP contribution in [0, 0.1) is 17.0 Å². The number of pyridine rings is 1. The first kappa shape index (κ1) is 10.1. The number of hydrogen-bond donors (Lipinski definition) is 1. The van der Waals surface area contributed by atoms with Crippen LogP contribution in [0.3, 0.4) is 0 Å². The molecular weight excluding hydrogens is 212 g/mol. The van der Waals surface area contributed by atoms with E-state index in [1.807, 2.05) is 6.92 Å². The Bertz CT molecular complexity index is 602. The fourth-order valence-corrected chi connectivity index (χ4v) is 1.47. The first-order valence-electron chi connectivity index (χ1n) is 4.43. The molecule has 2 N–H and O–H groups in total. The largest absolute Gasteiger partial charge is 0.364 e. The number of primary amides is 1. The van der Waals surface area contributed by atoms with Crippen molar-refractivity contribution in [3.8, 4) is 0 Å². The molecule has 2 heterocycles. The lowest BCUT2D eigenvalue weighted by molar-refractivity contribution is -0.390. The summed E-state index contributed by atoms with van der Waals surface area (Å²) in [4.78, 5) is 25.0. The quantitative estimate of drug-likeness (QED) is 0.592. The Morgan fingerprint density at radius 2 is 2.31 bits per heavy atom. The first-order chi connectivity index (χ1) is 7.50. The summed E-state index contributed by atoms with van der Waals surface area (Å²) >= 11 is 0. The molecule has 2 aromatic heterocycles. The highest BCUT2D eigenvalue weighted by Gasteiger charge is 2.25. The molecule has 2 aromatic rings. The Morgan fingerprint density at radius 1 is 1.62 bits per heavy atom. The minimum Gasteiger partial charge on any atom is -0.364 e. The summed E-state index contributed by atoms with van der Waals surface area (Å²) in [5, 5.41) is 10.8. The second-order valence-electron chi connectivity index (χ2n) is 3.34. The van der Waals surface area contributed by atoms with E-state index >= 15 is 0 Å². The summed E-state index contributed by atoms with van der Waals surface area (Å²) in [5.74, 6) is -1.31.